The quantitative estimate of drug-likeness (QED) is 0.325. The van der Waals surface area contributed by atoms with Crippen molar-refractivity contribution in [3.63, 3.8) is 0 Å². The number of rotatable bonds is 9. The Kier molecular flexibility index (Phi) is 8.78. The summed E-state index contributed by atoms with van der Waals surface area (Å²) < 4.78 is 24.1. The lowest BCUT2D eigenvalue weighted by atomic mass is 9.81. The lowest BCUT2D eigenvalue weighted by molar-refractivity contribution is 0.229. The fourth-order valence-electron chi connectivity index (χ4n) is 5.34. The van der Waals surface area contributed by atoms with Crippen molar-refractivity contribution in [2.24, 2.45) is 0 Å². The predicted octanol–water partition coefficient (Wildman–Crippen LogP) is 6.06. The Morgan fingerprint density at radius 2 is 1.35 bits per heavy atom. The van der Waals surface area contributed by atoms with Crippen LogP contribution in [0.1, 0.15) is 44.2 Å². The molecule has 1 saturated carbocycles. The van der Waals surface area contributed by atoms with Crippen molar-refractivity contribution >= 4 is 18.7 Å². The Hall–Kier alpha value is -2.60. The van der Waals surface area contributed by atoms with Crippen molar-refractivity contribution in [1.82, 2.24) is 0 Å². The van der Waals surface area contributed by atoms with Gasteiger partial charge in [-0.3, -0.25) is 0 Å². The lowest BCUT2D eigenvalue weighted by Gasteiger charge is -2.43. The van der Waals surface area contributed by atoms with Crippen LogP contribution in [0.4, 0.5) is 0 Å². The molecule has 0 bridgehead atoms. The average Bonchev–Trinajstić information content (AvgIpc) is 2.93. The van der Waals surface area contributed by atoms with Gasteiger partial charge in [0.25, 0.3) is 8.32 Å². The van der Waals surface area contributed by atoms with Crippen LogP contribution in [0.15, 0.2) is 72.8 Å². The molecule has 0 saturated heterocycles. The number of methoxy groups -OCH3 is 3. The molecule has 4 nitrogen and oxygen atoms in total. The van der Waals surface area contributed by atoms with Crippen LogP contribution in [0.5, 0.6) is 11.5 Å². The summed E-state index contributed by atoms with van der Waals surface area (Å²) in [4.78, 5) is 0. The van der Waals surface area contributed by atoms with Gasteiger partial charge in [-0.15, -0.1) is 0 Å². The molecular formula is C32H38O4Si. The van der Waals surface area contributed by atoms with E-state index in [1.54, 1.807) is 21.3 Å². The third-order valence-electron chi connectivity index (χ3n) is 7.21. The summed E-state index contributed by atoms with van der Waals surface area (Å²) in [5.74, 6) is 1.62. The van der Waals surface area contributed by atoms with Crippen LogP contribution < -0.4 is 19.8 Å². The maximum atomic E-state index is 7.28. The largest absolute Gasteiger partial charge is 0.493 e. The molecule has 4 radical (unpaired) electrons. The summed E-state index contributed by atoms with van der Waals surface area (Å²) in [6.45, 7) is 7.37. The van der Waals surface area contributed by atoms with E-state index in [9.17, 15) is 0 Å². The van der Waals surface area contributed by atoms with Gasteiger partial charge in [-0.2, -0.15) is 0 Å². The van der Waals surface area contributed by atoms with Gasteiger partial charge < -0.3 is 18.6 Å². The Balaban J connectivity index is 1.79. The van der Waals surface area contributed by atoms with E-state index in [-0.39, 0.29) is 11.0 Å². The second-order valence-corrected chi connectivity index (χ2v) is 14.7. The minimum atomic E-state index is -2.69. The van der Waals surface area contributed by atoms with E-state index in [4.69, 9.17) is 18.6 Å². The third-order valence-corrected chi connectivity index (χ3v) is 12.2. The van der Waals surface area contributed by atoms with E-state index >= 15 is 0 Å². The standard InChI is InChI=1S/C32H38O4Si/c1-32(2,3)37(27-13-9-7-10-14-27,28-15-11-8-12-16-28)36-23-25-21-30(34-5)31(35-6)22-29(25)24-17-19-26(33-4)20-18-24/h7-17,19-22,24H,18,23H2,1-6H3. The fourth-order valence-corrected chi connectivity index (χ4v) is 9.86. The molecule has 0 aliphatic heterocycles. The highest BCUT2D eigenvalue weighted by molar-refractivity contribution is 6.99. The summed E-state index contributed by atoms with van der Waals surface area (Å²) in [6.07, 6.45) is 8.11. The zero-order valence-corrected chi connectivity index (χ0v) is 23.8. The molecule has 0 spiro atoms. The maximum Gasteiger partial charge on any atom is 0.261 e. The van der Waals surface area contributed by atoms with Crippen molar-refractivity contribution in [3.05, 3.63) is 109 Å². The van der Waals surface area contributed by atoms with Crippen LogP contribution >= 0.6 is 0 Å². The number of hydrogen-bond acceptors (Lipinski definition) is 4. The molecule has 1 aliphatic carbocycles. The second-order valence-electron chi connectivity index (χ2n) is 10.4. The average molecular weight is 515 g/mol. The highest BCUT2D eigenvalue weighted by Gasteiger charge is 2.50. The highest BCUT2D eigenvalue weighted by atomic mass is 28.4. The van der Waals surface area contributed by atoms with Crippen molar-refractivity contribution < 1.29 is 18.6 Å². The molecule has 1 aliphatic rings. The van der Waals surface area contributed by atoms with Crippen LogP contribution in [0.25, 0.3) is 0 Å². The first-order valence-corrected chi connectivity index (χ1v) is 14.7. The summed E-state index contributed by atoms with van der Waals surface area (Å²) in [6, 6.07) is 25.7. The zero-order valence-electron chi connectivity index (χ0n) is 22.8. The van der Waals surface area contributed by atoms with Gasteiger partial charge in [0, 0.05) is 13.5 Å². The van der Waals surface area contributed by atoms with Crippen molar-refractivity contribution in [2.45, 2.75) is 44.8 Å². The molecule has 4 rings (SSSR count). The van der Waals surface area contributed by atoms with E-state index < -0.39 is 8.32 Å². The first-order chi connectivity index (χ1) is 17.8. The van der Waals surface area contributed by atoms with Crippen LogP contribution in [-0.2, 0) is 15.8 Å². The monoisotopic (exact) mass is 514 g/mol. The fraction of sp³-hybridized carbons (Fsp3) is 0.312. The van der Waals surface area contributed by atoms with E-state index in [0.717, 1.165) is 23.8 Å². The smallest absolute Gasteiger partial charge is 0.261 e. The Labute approximate surface area is 224 Å². The minimum absolute atomic E-state index is 0.104. The molecule has 3 aromatic carbocycles. The Morgan fingerprint density at radius 1 is 0.784 bits per heavy atom. The topological polar surface area (TPSA) is 36.9 Å². The van der Waals surface area contributed by atoms with Gasteiger partial charge in [-0.05, 0) is 63.9 Å². The van der Waals surface area contributed by atoms with Crippen LogP contribution in [0.3, 0.4) is 0 Å². The summed E-state index contributed by atoms with van der Waals surface area (Å²) in [5.41, 5.74) is 2.28. The van der Waals surface area contributed by atoms with Gasteiger partial charge >= 0.3 is 0 Å². The zero-order chi connectivity index (χ0) is 26.5. The van der Waals surface area contributed by atoms with Crippen LogP contribution in [0.2, 0.25) is 5.04 Å². The molecule has 194 valence electrons. The SMILES string of the molecule is CO[C]1[CH][CH]C(c2cc(OC)c(OC)cc2CO[Si](c2ccccc2)(c2ccccc2)C(C)(C)C)C[CH]1. The van der Waals surface area contributed by atoms with E-state index in [1.807, 2.05) is 6.42 Å². The normalized spacial score (nSPS) is 15.5. The Bertz CT molecular complexity index is 1090. The predicted molar refractivity (Wildman–Crippen MR) is 152 cm³/mol. The van der Waals surface area contributed by atoms with Crippen molar-refractivity contribution in [1.29, 1.82) is 0 Å². The summed E-state index contributed by atoms with van der Waals surface area (Å²) in [5, 5.41) is 2.43. The third kappa shape index (κ3) is 5.64. The number of hydrogen-bond donors (Lipinski definition) is 0. The first kappa shape index (κ1) is 27.4. The first-order valence-electron chi connectivity index (χ1n) is 12.8. The lowest BCUT2D eigenvalue weighted by Crippen LogP contribution is -2.66. The van der Waals surface area contributed by atoms with Crippen LogP contribution in [0, 0.1) is 25.4 Å². The van der Waals surface area contributed by atoms with Crippen molar-refractivity contribution in [3.8, 4) is 11.5 Å². The van der Waals surface area contributed by atoms with Crippen molar-refractivity contribution in [2.75, 3.05) is 21.3 Å². The van der Waals surface area contributed by atoms with Gasteiger partial charge in [0.1, 0.15) is 6.10 Å². The molecule has 0 heterocycles. The van der Waals surface area contributed by atoms with E-state index in [2.05, 4.69) is 106 Å². The molecule has 0 amide bonds. The highest BCUT2D eigenvalue weighted by Crippen LogP contribution is 2.42. The molecular weight excluding hydrogens is 476 g/mol. The van der Waals surface area contributed by atoms with E-state index in [0.29, 0.717) is 12.4 Å². The molecule has 1 unspecified atom stereocenters. The van der Waals surface area contributed by atoms with Gasteiger partial charge in [-0.1, -0.05) is 81.4 Å². The molecule has 5 heteroatoms. The van der Waals surface area contributed by atoms with Gasteiger partial charge in [0.2, 0.25) is 0 Å². The van der Waals surface area contributed by atoms with Gasteiger partial charge in [-0.25, -0.2) is 0 Å². The maximum absolute atomic E-state index is 7.28. The number of benzene rings is 3. The van der Waals surface area contributed by atoms with Gasteiger partial charge in [0.05, 0.1) is 20.8 Å². The van der Waals surface area contributed by atoms with Gasteiger partial charge in [0.15, 0.2) is 11.5 Å². The molecule has 37 heavy (non-hydrogen) atoms. The summed E-state index contributed by atoms with van der Waals surface area (Å²) >= 11 is 0. The molecule has 3 aromatic rings. The molecule has 1 fully saturated rings. The summed E-state index contributed by atoms with van der Waals surface area (Å²) in [7, 11) is 2.37. The molecule has 0 aromatic heterocycles. The second kappa shape index (κ2) is 11.8. The van der Waals surface area contributed by atoms with Crippen LogP contribution in [-0.4, -0.2) is 29.6 Å². The minimum Gasteiger partial charge on any atom is -0.493 e. The molecule has 1 atom stereocenters. The Morgan fingerprint density at radius 3 is 1.81 bits per heavy atom. The molecule has 0 N–H and O–H groups in total. The van der Waals surface area contributed by atoms with E-state index in [1.165, 1.54) is 15.9 Å². The number of ether oxygens (including phenoxy) is 3.